The molecule has 0 aliphatic heterocycles. The quantitative estimate of drug-likeness (QED) is 0.696. The average molecular weight is 240 g/mol. The van der Waals surface area contributed by atoms with Gasteiger partial charge in [-0.1, -0.05) is 0 Å². The highest BCUT2D eigenvalue weighted by atomic mass is 16.5. The maximum atomic E-state index is 5.71. The molecule has 1 aromatic rings. The lowest BCUT2D eigenvalue weighted by Gasteiger charge is -2.09. The molecule has 0 spiro atoms. The SMILES string of the molecule is COCCCOCCOc1ccc(C)nc1N. The van der Waals surface area contributed by atoms with E-state index in [9.17, 15) is 0 Å². The number of nitrogens with zero attached hydrogens (tertiary/aromatic N) is 1. The van der Waals surface area contributed by atoms with Gasteiger partial charge in [-0.15, -0.1) is 0 Å². The van der Waals surface area contributed by atoms with Crippen LogP contribution in [0.4, 0.5) is 5.82 Å². The predicted molar refractivity (Wildman–Crippen MR) is 66.2 cm³/mol. The molecule has 1 heterocycles. The van der Waals surface area contributed by atoms with Crippen LogP contribution >= 0.6 is 0 Å². The molecule has 2 N–H and O–H groups in total. The second kappa shape index (κ2) is 7.86. The van der Waals surface area contributed by atoms with Gasteiger partial charge in [0.15, 0.2) is 11.6 Å². The van der Waals surface area contributed by atoms with Gasteiger partial charge >= 0.3 is 0 Å². The Bertz CT molecular complexity index is 332. The van der Waals surface area contributed by atoms with Crippen LogP contribution in [0.15, 0.2) is 12.1 Å². The summed E-state index contributed by atoms with van der Waals surface area (Å²) in [5, 5.41) is 0. The van der Waals surface area contributed by atoms with Crippen LogP contribution in [-0.2, 0) is 9.47 Å². The van der Waals surface area contributed by atoms with E-state index >= 15 is 0 Å². The molecule has 0 bridgehead atoms. The number of hydrogen-bond acceptors (Lipinski definition) is 5. The number of rotatable bonds is 8. The predicted octanol–water partition coefficient (Wildman–Crippen LogP) is 1.40. The van der Waals surface area contributed by atoms with E-state index in [0.29, 0.717) is 31.4 Å². The van der Waals surface area contributed by atoms with Crippen molar-refractivity contribution >= 4 is 5.82 Å². The molecular formula is C12H20N2O3. The van der Waals surface area contributed by atoms with Crippen LogP contribution in [0.2, 0.25) is 0 Å². The highest BCUT2D eigenvalue weighted by molar-refractivity contribution is 5.46. The van der Waals surface area contributed by atoms with Crippen molar-refractivity contribution in [3.63, 3.8) is 0 Å². The molecule has 0 radical (unpaired) electrons. The Labute approximate surface area is 102 Å². The van der Waals surface area contributed by atoms with E-state index < -0.39 is 0 Å². The van der Waals surface area contributed by atoms with E-state index in [1.165, 1.54) is 0 Å². The summed E-state index contributed by atoms with van der Waals surface area (Å²) in [6.07, 6.45) is 0.894. The monoisotopic (exact) mass is 240 g/mol. The zero-order valence-corrected chi connectivity index (χ0v) is 10.4. The zero-order valence-electron chi connectivity index (χ0n) is 10.4. The summed E-state index contributed by atoms with van der Waals surface area (Å²) in [6, 6.07) is 3.69. The highest BCUT2D eigenvalue weighted by Crippen LogP contribution is 2.18. The van der Waals surface area contributed by atoms with Gasteiger partial charge in [-0.3, -0.25) is 0 Å². The third-order valence-electron chi connectivity index (χ3n) is 2.15. The number of nitrogens with two attached hydrogens (primary N) is 1. The fourth-order valence-electron chi connectivity index (χ4n) is 1.30. The molecule has 0 atom stereocenters. The Morgan fingerprint density at radius 3 is 2.71 bits per heavy atom. The number of nitrogen functional groups attached to an aromatic ring is 1. The summed E-state index contributed by atoms with van der Waals surface area (Å²) in [5.74, 6) is 1.03. The summed E-state index contributed by atoms with van der Waals surface area (Å²) in [6.45, 7) is 4.30. The normalized spacial score (nSPS) is 10.5. The molecule has 0 aromatic carbocycles. The van der Waals surface area contributed by atoms with Gasteiger partial charge in [0.2, 0.25) is 0 Å². The number of hydrogen-bond donors (Lipinski definition) is 1. The van der Waals surface area contributed by atoms with Crippen molar-refractivity contribution in [2.24, 2.45) is 0 Å². The molecule has 0 unspecified atom stereocenters. The molecular weight excluding hydrogens is 220 g/mol. The lowest BCUT2D eigenvalue weighted by atomic mass is 10.3. The third kappa shape index (κ3) is 5.51. The molecule has 0 amide bonds. The Morgan fingerprint density at radius 1 is 1.18 bits per heavy atom. The van der Waals surface area contributed by atoms with E-state index in [4.69, 9.17) is 19.9 Å². The molecule has 0 aliphatic carbocycles. The fraction of sp³-hybridized carbons (Fsp3) is 0.583. The molecule has 0 saturated carbocycles. The lowest BCUT2D eigenvalue weighted by molar-refractivity contribution is 0.0807. The maximum absolute atomic E-state index is 5.71. The maximum Gasteiger partial charge on any atom is 0.166 e. The number of ether oxygens (including phenoxy) is 3. The van der Waals surface area contributed by atoms with Gasteiger partial charge in [0, 0.05) is 26.0 Å². The van der Waals surface area contributed by atoms with Gasteiger partial charge in [-0.2, -0.15) is 0 Å². The number of pyridine rings is 1. The molecule has 5 nitrogen and oxygen atoms in total. The first-order chi connectivity index (χ1) is 8.24. The largest absolute Gasteiger partial charge is 0.487 e. The molecule has 5 heteroatoms. The lowest BCUT2D eigenvalue weighted by Crippen LogP contribution is -2.10. The number of aryl methyl sites for hydroxylation is 1. The summed E-state index contributed by atoms with van der Waals surface area (Å²) in [4.78, 5) is 4.11. The van der Waals surface area contributed by atoms with Gasteiger partial charge < -0.3 is 19.9 Å². The van der Waals surface area contributed by atoms with Gasteiger partial charge in [-0.05, 0) is 25.5 Å². The summed E-state index contributed by atoms with van der Waals surface area (Å²) < 4.78 is 15.7. The van der Waals surface area contributed by atoms with Crippen LogP contribution in [0.25, 0.3) is 0 Å². The number of methoxy groups -OCH3 is 1. The fourth-order valence-corrected chi connectivity index (χ4v) is 1.30. The Kier molecular flexibility index (Phi) is 6.35. The van der Waals surface area contributed by atoms with Crippen molar-refractivity contribution < 1.29 is 14.2 Å². The second-order valence-corrected chi connectivity index (χ2v) is 3.64. The summed E-state index contributed by atoms with van der Waals surface area (Å²) in [5.41, 5.74) is 6.59. The second-order valence-electron chi connectivity index (χ2n) is 3.64. The minimum absolute atomic E-state index is 0.421. The van der Waals surface area contributed by atoms with E-state index in [2.05, 4.69) is 4.98 Å². The van der Waals surface area contributed by atoms with Crippen LogP contribution in [0.3, 0.4) is 0 Å². The number of anilines is 1. The third-order valence-corrected chi connectivity index (χ3v) is 2.15. The van der Waals surface area contributed by atoms with Gasteiger partial charge in [-0.25, -0.2) is 4.98 Å². The number of aromatic nitrogens is 1. The van der Waals surface area contributed by atoms with Gasteiger partial charge in [0.05, 0.1) is 6.61 Å². The minimum Gasteiger partial charge on any atom is -0.487 e. The van der Waals surface area contributed by atoms with E-state index in [1.54, 1.807) is 7.11 Å². The van der Waals surface area contributed by atoms with Gasteiger partial charge in [0.25, 0.3) is 0 Å². The highest BCUT2D eigenvalue weighted by Gasteiger charge is 2.01. The Balaban J connectivity index is 2.14. The van der Waals surface area contributed by atoms with Crippen molar-refractivity contribution in [2.45, 2.75) is 13.3 Å². The summed E-state index contributed by atoms with van der Waals surface area (Å²) in [7, 11) is 1.68. The van der Waals surface area contributed by atoms with Crippen molar-refractivity contribution in [1.29, 1.82) is 0 Å². The molecule has 0 aliphatic rings. The molecule has 96 valence electrons. The van der Waals surface area contributed by atoms with Crippen LogP contribution in [0.5, 0.6) is 5.75 Å². The Hall–Kier alpha value is -1.33. The van der Waals surface area contributed by atoms with Crippen molar-refractivity contribution in [2.75, 3.05) is 39.3 Å². The molecule has 17 heavy (non-hydrogen) atoms. The first kappa shape index (κ1) is 13.7. The van der Waals surface area contributed by atoms with Crippen molar-refractivity contribution in [3.05, 3.63) is 17.8 Å². The van der Waals surface area contributed by atoms with Crippen molar-refractivity contribution in [3.8, 4) is 5.75 Å². The van der Waals surface area contributed by atoms with E-state index in [0.717, 1.165) is 18.7 Å². The van der Waals surface area contributed by atoms with Crippen LogP contribution in [-0.4, -0.2) is 38.5 Å². The molecule has 0 saturated heterocycles. The van der Waals surface area contributed by atoms with E-state index in [-0.39, 0.29) is 0 Å². The molecule has 1 aromatic heterocycles. The smallest absolute Gasteiger partial charge is 0.166 e. The zero-order chi connectivity index (χ0) is 12.5. The van der Waals surface area contributed by atoms with Crippen LogP contribution in [0, 0.1) is 6.92 Å². The Morgan fingerprint density at radius 2 is 2.00 bits per heavy atom. The van der Waals surface area contributed by atoms with E-state index in [1.807, 2.05) is 19.1 Å². The molecule has 0 fully saturated rings. The standard InChI is InChI=1S/C12H20N2O3/c1-10-4-5-11(12(13)14-10)17-9-8-16-7-3-6-15-2/h4-5H,3,6-9H2,1-2H3,(H2,13,14). The average Bonchev–Trinajstić information content (AvgIpc) is 2.30. The molecule has 1 rings (SSSR count). The summed E-state index contributed by atoms with van der Waals surface area (Å²) >= 11 is 0. The first-order valence-corrected chi connectivity index (χ1v) is 5.66. The first-order valence-electron chi connectivity index (χ1n) is 5.66. The van der Waals surface area contributed by atoms with Crippen LogP contribution < -0.4 is 10.5 Å². The van der Waals surface area contributed by atoms with Crippen molar-refractivity contribution in [1.82, 2.24) is 4.98 Å². The van der Waals surface area contributed by atoms with Crippen LogP contribution in [0.1, 0.15) is 12.1 Å². The minimum atomic E-state index is 0.421. The van der Waals surface area contributed by atoms with Gasteiger partial charge in [0.1, 0.15) is 6.61 Å². The topological polar surface area (TPSA) is 66.6 Å².